The minimum absolute atomic E-state index is 0. The number of hydrogen-bond donors (Lipinski definition) is 0. The summed E-state index contributed by atoms with van der Waals surface area (Å²) in [5.41, 5.74) is 6.56. The van der Waals surface area contributed by atoms with Gasteiger partial charge >= 0.3 is 44.8 Å². The van der Waals surface area contributed by atoms with Gasteiger partial charge in [0, 0.05) is 0 Å². The van der Waals surface area contributed by atoms with Gasteiger partial charge in [-0.25, -0.2) is 0 Å². The van der Waals surface area contributed by atoms with E-state index in [0.717, 1.165) is 27.3 Å². The van der Waals surface area contributed by atoms with Crippen LogP contribution in [0.5, 0.6) is 0 Å². The Bertz CT molecular complexity index is 3530. The molecule has 0 spiro atoms. The van der Waals surface area contributed by atoms with E-state index in [1.807, 2.05) is 36.4 Å². The van der Waals surface area contributed by atoms with E-state index >= 15 is 0 Å². The second kappa shape index (κ2) is 26.4. The van der Waals surface area contributed by atoms with Gasteiger partial charge in [0.25, 0.3) is 0 Å². The van der Waals surface area contributed by atoms with Crippen LogP contribution in [-0.4, -0.2) is 12.3 Å². The first-order valence-electron chi connectivity index (χ1n) is 24.5. The third kappa shape index (κ3) is 12.0. The summed E-state index contributed by atoms with van der Waals surface area (Å²) in [7, 11) is -1.57. The second-order valence-corrected chi connectivity index (χ2v) is 22.8. The Morgan fingerprint density at radius 1 is 0.284 bits per heavy atom. The van der Waals surface area contributed by atoms with Gasteiger partial charge in [-0.3, -0.25) is 11.8 Å². The molecule has 0 bridgehead atoms. The molecule has 0 radical (unpaired) electrons. The van der Waals surface area contributed by atoms with Crippen LogP contribution in [0.3, 0.4) is 0 Å². The van der Waals surface area contributed by atoms with Gasteiger partial charge in [-0.15, -0.1) is 17.2 Å². The van der Waals surface area contributed by atoms with Gasteiger partial charge in [0.05, 0.1) is 37.1 Å². The molecule has 4 heteroatoms. The van der Waals surface area contributed by atoms with Crippen molar-refractivity contribution in [3.05, 3.63) is 303 Å². The predicted octanol–water partition coefficient (Wildman–Crippen LogP) is 15.9. The maximum atomic E-state index is 7.73. The van der Waals surface area contributed by atoms with E-state index in [0.29, 0.717) is 0 Å². The van der Waals surface area contributed by atoms with Crippen LogP contribution in [0, 0.1) is 24.7 Å². The van der Waals surface area contributed by atoms with Crippen LogP contribution in [0.1, 0.15) is 11.1 Å². The second-order valence-electron chi connectivity index (χ2n) is 17.6. The molecule has 0 saturated heterocycles. The number of rotatable bonds is 9. The normalized spacial score (nSPS) is 10.5. The molecule has 12 aromatic rings. The largest absolute Gasteiger partial charge is 1.00 e. The Morgan fingerprint density at radius 3 is 0.986 bits per heavy atom. The van der Waals surface area contributed by atoms with Crippen molar-refractivity contribution < 1.29 is 44.8 Å². The summed E-state index contributed by atoms with van der Waals surface area (Å²) in [6.07, 6.45) is 17.8. The average molecular weight is 1350 g/mol. The molecular formula is C70H52Au2P2+2. The molecule has 0 saturated carbocycles. The summed E-state index contributed by atoms with van der Waals surface area (Å²) in [5.74, 6) is 5.20. The van der Waals surface area contributed by atoms with Gasteiger partial charge in [-0.2, -0.15) is 0 Å². The van der Waals surface area contributed by atoms with E-state index in [2.05, 4.69) is 254 Å². The first-order chi connectivity index (χ1) is 35.7. The minimum Gasteiger partial charge on any atom is -0.366 e. The Hall–Kier alpha value is -6.86. The van der Waals surface area contributed by atoms with E-state index in [9.17, 15) is 0 Å². The SMILES string of the molecule is [Au+].[Au+].[C-]#Cc1c2ccccc2c(-c2ccccc2)c2ccccc12.[C-]#Cc1cccc2c(-c3ccccc3)c3ccccc3cc12.c1ccc([PH+](CC[PH+](c2ccccc2)c2ccccc2)c2ccccc2)cc1. The topological polar surface area (TPSA) is 0 Å². The average Bonchev–Trinajstić information content (AvgIpc) is 3.47. The van der Waals surface area contributed by atoms with Gasteiger partial charge in [0.15, 0.2) is 0 Å². The zero-order valence-electron chi connectivity index (χ0n) is 40.6. The maximum Gasteiger partial charge on any atom is 1.00 e. The van der Waals surface area contributed by atoms with Crippen molar-refractivity contribution in [2.24, 2.45) is 0 Å². The number of hydrogen-bond acceptors (Lipinski definition) is 0. The van der Waals surface area contributed by atoms with Crippen LogP contribution in [0.2, 0.25) is 0 Å². The van der Waals surface area contributed by atoms with Crippen molar-refractivity contribution in [1.82, 2.24) is 0 Å². The smallest absolute Gasteiger partial charge is 0.366 e. The number of fused-ring (bicyclic) bond motifs is 4. The maximum absolute atomic E-state index is 7.73. The molecule has 0 aromatic heterocycles. The summed E-state index contributed by atoms with van der Waals surface area (Å²) in [4.78, 5) is 0. The molecule has 0 aliphatic rings. The summed E-state index contributed by atoms with van der Waals surface area (Å²) in [6, 6.07) is 98.6. The van der Waals surface area contributed by atoms with Crippen LogP contribution in [0.15, 0.2) is 279 Å². The molecule has 12 aromatic carbocycles. The summed E-state index contributed by atoms with van der Waals surface area (Å²) in [6.45, 7) is 0. The van der Waals surface area contributed by atoms with Crippen molar-refractivity contribution in [3.8, 4) is 34.1 Å². The van der Waals surface area contributed by atoms with Crippen molar-refractivity contribution >= 4 is 80.2 Å². The van der Waals surface area contributed by atoms with Crippen molar-refractivity contribution in [3.63, 3.8) is 0 Å². The molecule has 12 rings (SSSR count). The molecule has 0 amide bonds. The summed E-state index contributed by atoms with van der Waals surface area (Å²) < 4.78 is 0. The van der Waals surface area contributed by atoms with E-state index in [4.69, 9.17) is 12.8 Å². The molecule has 0 N–H and O–H groups in total. The Kier molecular flexibility index (Phi) is 19.0. The fraction of sp³-hybridized carbons (Fsp3) is 0.0286. The first-order valence-corrected chi connectivity index (χ1v) is 27.9. The molecule has 0 aliphatic carbocycles. The predicted molar refractivity (Wildman–Crippen MR) is 317 cm³/mol. The third-order valence-electron chi connectivity index (χ3n) is 13.3. The van der Waals surface area contributed by atoms with E-state index in [1.165, 1.54) is 82.7 Å². The first kappa shape index (κ1) is 53.4. The van der Waals surface area contributed by atoms with E-state index < -0.39 is 15.8 Å². The molecule has 362 valence electrons. The molecule has 0 heterocycles. The summed E-state index contributed by atoms with van der Waals surface area (Å²) in [5, 5.41) is 15.2. The standard InChI is InChI=1S/C26H24P2.2C22H13.2Au/c1-5-13-23(14-6-1)27(24-15-7-2-8-16-24)21-22-28(25-17-9-3-10-18-25)26-19-11-4-12-20-26;1-2-17-18-12-6-8-14-20(18)22(16-10-4-3-5-11-16)21-15-9-7-13-19(17)21;1-2-16-12-8-14-20-21(16)15-18-11-6-7-13-19(18)22(20)17-9-4-3-5-10-17;;/h1-20H,21-22H2;2*3-15H;;/q;2*-1;2*+1/p+2. The fourth-order valence-corrected chi connectivity index (χ4v) is 16.2. The van der Waals surface area contributed by atoms with Gasteiger partial charge in [-0.05, 0) is 97.7 Å². The van der Waals surface area contributed by atoms with E-state index in [1.54, 1.807) is 0 Å². The zero-order chi connectivity index (χ0) is 48.9. The fourth-order valence-electron chi connectivity index (χ4n) is 10.0. The van der Waals surface area contributed by atoms with E-state index in [-0.39, 0.29) is 44.8 Å². The van der Waals surface area contributed by atoms with Gasteiger partial charge in [-0.1, -0.05) is 241 Å². The molecule has 0 atom stereocenters. The Balaban J connectivity index is 0.000000147. The monoisotopic (exact) mass is 1350 g/mol. The van der Waals surface area contributed by atoms with Gasteiger partial charge in [0.1, 0.15) is 12.3 Å². The van der Waals surface area contributed by atoms with Crippen LogP contribution < -0.4 is 21.2 Å². The zero-order valence-corrected chi connectivity index (χ0v) is 46.9. The molecule has 0 fully saturated rings. The Morgan fingerprint density at radius 2 is 0.595 bits per heavy atom. The third-order valence-corrected chi connectivity index (χ3v) is 19.5. The van der Waals surface area contributed by atoms with Crippen LogP contribution in [0.25, 0.3) is 65.3 Å². The van der Waals surface area contributed by atoms with Crippen molar-refractivity contribution in [2.75, 3.05) is 12.3 Å². The molecule has 0 unspecified atom stereocenters. The molecule has 0 aliphatic heterocycles. The van der Waals surface area contributed by atoms with Crippen molar-refractivity contribution in [1.29, 1.82) is 0 Å². The van der Waals surface area contributed by atoms with Gasteiger partial charge in [0.2, 0.25) is 0 Å². The molecular weight excluding hydrogens is 1300 g/mol. The van der Waals surface area contributed by atoms with Crippen LogP contribution in [0.4, 0.5) is 0 Å². The summed E-state index contributed by atoms with van der Waals surface area (Å²) >= 11 is 0. The quantitative estimate of drug-likeness (QED) is 0.0444. The van der Waals surface area contributed by atoms with Crippen LogP contribution >= 0.6 is 15.8 Å². The number of benzene rings is 12. The molecule has 74 heavy (non-hydrogen) atoms. The Labute approximate surface area is 470 Å². The van der Waals surface area contributed by atoms with Gasteiger partial charge < -0.3 is 12.8 Å². The van der Waals surface area contributed by atoms with Crippen molar-refractivity contribution in [2.45, 2.75) is 0 Å². The minimum atomic E-state index is -0.783. The van der Waals surface area contributed by atoms with Crippen LogP contribution in [-0.2, 0) is 44.8 Å². The molecule has 0 nitrogen and oxygen atoms in total.